The van der Waals surface area contributed by atoms with E-state index in [1.54, 1.807) is 11.3 Å². The number of benzene rings is 1. The minimum Gasteiger partial charge on any atom is -0.350 e. The van der Waals surface area contributed by atoms with Gasteiger partial charge in [-0.05, 0) is 34.6 Å². The first-order chi connectivity index (χ1) is 10.0. The first-order valence-electron chi connectivity index (χ1n) is 7.24. The van der Waals surface area contributed by atoms with Gasteiger partial charge in [0.05, 0.1) is 4.88 Å². The van der Waals surface area contributed by atoms with Crippen LogP contribution in [0, 0.1) is 0 Å². The highest BCUT2D eigenvalue weighted by Gasteiger charge is 2.32. The number of carbonyl (C=O) groups excluding carboxylic acids is 1. The van der Waals surface area contributed by atoms with Crippen LogP contribution >= 0.6 is 23.7 Å². The molecule has 5 heteroatoms. The van der Waals surface area contributed by atoms with Crippen LogP contribution in [0.4, 0.5) is 0 Å². The van der Waals surface area contributed by atoms with Gasteiger partial charge in [-0.15, -0.1) is 23.7 Å². The monoisotopic (exact) mass is 336 g/mol. The SMILES string of the molecule is CC1(C)Cc2cc(C(=O)NCCN)sc2-c2ccccc21.Cl. The molecule has 2 aromatic rings. The van der Waals surface area contributed by atoms with Gasteiger partial charge in [-0.3, -0.25) is 4.79 Å². The van der Waals surface area contributed by atoms with E-state index in [1.165, 1.54) is 21.6 Å². The summed E-state index contributed by atoms with van der Waals surface area (Å²) >= 11 is 1.58. The van der Waals surface area contributed by atoms with Crippen molar-refractivity contribution in [3.8, 4) is 10.4 Å². The molecule has 0 saturated heterocycles. The number of hydrogen-bond acceptors (Lipinski definition) is 3. The number of carbonyl (C=O) groups is 1. The summed E-state index contributed by atoms with van der Waals surface area (Å²) in [5.41, 5.74) is 9.46. The van der Waals surface area contributed by atoms with E-state index in [0.717, 1.165) is 11.3 Å². The Balaban J connectivity index is 0.00000176. The lowest BCUT2D eigenvalue weighted by atomic mass is 9.73. The van der Waals surface area contributed by atoms with E-state index >= 15 is 0 Å². The Hall–Kier alpha value is -1.36. The minimum absolute atomic E-state index is 0. The lowest BCUT2D eigenvalue weighted by molar-refractivity contribution is 0.0958. The fraction of sp³-hybridized carbons (Fsp3) is 0.353. The molecule has 3 rings (SSSR count). The number of hydrogen-bond donors (Lipinski definition) is 2. The topological polar surface area (TPSA) is 55.1 Å². The van der Waals surface area contributed by atoms with Crippen molar-refractivity contribution >= 4 is 29.7 Å². The molecule has 3 nitrogen and oxygen atoms in total. The Morgan fingerprint density at radius 3 is 2.82 bits per heavy atom. The molecule has 0 aliphatic heterocycles. The van der Waals surface area contributed by atoms with Crippen LogP contribution in [0.15, 0.2) is 30.3 Å². The summed E-state index contributed by atoms with van der Waals surface area (Å²) in [6.07, 6.45) is 0.972. The molecule has 0 radical (unpaired) electrons. The van der Waals surface area contributed by atoms with Gasteiger partial charge in [-0.25, -0.2) is 0 Å². The predicted molar refractivity (Wildman–Crippen MR) is 95.1 cm³/mol. The molecule has 1 aromatic heterocycles. The molecular weight excluding hydrogens is 316 g/mol. The first kappa shape index (κ1) is 17.0. The maximum absolute atomic E-state index is 12.1. The average molecular weight is 337 g/mol. The molecule has 0 fully saturated rings. The normalized spacial score (nSPS) is 14.5. The fourth-order valence-corrected chi connectivity index (χ4v) is 4.15. The molecule has 1 aliphatic rings. The highest BCUT2D eigenvalue weighted by atomic mass is 35.5. The maximum atomic E-state index is 12.1. The van der Waals surface area contributed by atoms with Crippen molar-refractivity contribution in [1.82, 2.24) is 5.32 Å². The van der Waals surface area contributed by atoms with Gasteiger partial charge in [0.2, 0.25) is 0 Å². The summed E-state index contributed by atoms with van der Waals surface area (Å²) in [7, 11) is 0. The molecule has 1 heterocycles. The zero-order chi connectivity index (χ0) is 15.0. The summed E-state index contributed by atoms with van der Waals surface area (Å²) < 4.78 is 0. The first-order valence-corrected chi connectivity index (χ1v) is 8.05. The second-order valence-electron chi connectivity index (χ2n) is 6.12. The van der Waals surface area contributed by atoms with Gasteiger partial charge in [0.25, 0.3) is 5.91 Å². The highest BCUT2D eigenvalue weighted by Crippen LogP contribution is 2.46. The summed E-state index contributed by atoms with van der Waals surface area (Å²) in [6, 6.07) is 10.6. The smallest absolute Gasteiger partial charge is 0.261 e. The zero-order valence-electron chi connectivity index (χ0n) is 12.8. The van der Waals surface area contributed by atoms with Gasteiger partial charge in [-0.2, -0.15) is 0 Å². The summed E-state index contributed by atoms with van der Waals surface area (Å²) in [5.74, 6) is -0.0184. The van der Waals surface area contributed by atoms with E-state index in [-0.39, 0.29) is 23.7 Å². The van der Waals surface area contributed by atoms with Crippen molar-refractivity contribution < 1.29 is 4.79 Å². The van der Waals surface area contributed by atoms with Gasteiger partial charge < -0.3 is 11.1 Å². The number of rotatable bonds is 3. The van der Waals surface area contributed by atoms with E-state index in [4.69, 9.17) is 5.73 Å². The number of amides is 1. The maximum Gasteiger partial charge on any atom is 0.261 e. The van der Waals surface area contributed by atoms with Crippen LogP contribution in [0.1, 0.15) is 34.6 Å². The second kappa shape index (κ2) is 6.41. The summed E-state index contributed by atoms with van der Waals surface area (Å²) in [5, 5.41) is 2.85. The van der Waals surface area contributed by atoms with Crippen molar-refractivity contribution in [3.05, 3.63) is 46.3 Å². The Morgan fingerprint density at radius 1 is 1.36 bits per heavy atom. The standard InChI is InChI=1S/C17H20N2OS.ClH/c1-17(2)10-11-9-14(16(20)19-8-7-18)21-15(11)12-5-3-4-6-13(12)17;/h3-6,9H,7-8,10,18H2,1-2H3,(H,19,20);1H. The number of halogens is 1. The van der Waals surface area contributed by atoms with Crippen molar-refractivity contribution in [3.63, 3.8) is 0 Å². The number of nitrogens with two attached hydrogens (primary N) is 1. The molecule has 0 atom stereocenters. The van der Waals surface area contributed by atoms with Crippen LogP contribution in [0.5, 0.6) is 0 Å². The molecule has 0 bridgehead atoms. The molecule has 0 saturated carbocycles. The van der Waals surface area contributed by atoms with Crippen LogP contribution in [-0.2, 0) is 11.8 Å². The van der Waals surface area contributed by atoms with Crippen LogP contribution < -0.4 is 11.1 Å². The molecule has 1 amide bonds. The van der Waals surface area contributed by atoms with Gasteiger partial charge in [0.1, 0.15) is 0 Å². The van der Waals surface area contributed by atoms with E-state index in [9.17, 15) is 4.79 Å². The predicted octanol–water partition coefficient (Wildman–Crippen LogP) is 3.36. The second-order valence-corrected chi connectivity index (χ2v) is 7.17. The van der Waals surface area contributed by atoms with Crippen LogP contribution in [0.25, 0.3) is 10.4 Å². The van der Waals surface area contributed by atoms with Gasteiger partial charge in [-0.1, -0.05) is 38.1 Å². The molecule has 1 aromatic carbocycles. The average Bonchev–Trinajstić information content (AvgIpc) is 2.88. The third-order valence-corrected chi connectivity index (χ3v) is 5.21. The van der Waals surface area contributed by atoms with Gasteiger partial charge in [0, 0.05) is 18.0 Å². The van der Waals surface area contributed by atoms with Crippen molar-refractivity contribution in [1.29, 1.82) is 0 Å². The summed E-state index contributed by atoms with van der Waals surface area (Å²) in [6.45, 7) is 5.51. The van der Waals surface area contributed by atoms with E-state index in [0.29, 0.717) is 13.1 Å². The van der Waals surface area contributed by atoms with Crippen molar-refractivity contribution in [2.45, 2.75) is 25.7 Å². The molecule has 22 heavy (non-hydrogen) atoms. The highest BCUT2D eigenvalue weighted by molar-refractivity contribution is 7.17. The van der Waals surface area contributed by atoms with Crippen LogP contribution in [0.3, 0.4) is 0 Å². The minimum atomic E-state index is -0.0184. The largest absolute Gasteiger partial charge is 0.350 e. The Bertz CT molecular complexity index is 694. The van der Waals surface area contributed by atoms with Gasteiger partial charge >= 0.3 is 0 Å². The molecule has 3 N–H and O–H groups in total. The molecule has 1 aliphatic carbocycles. The van der Waals surface area contributed by atoms with Crippen molar-refractivity contribution in [2.24, 2.45) is 5.73 Å². The molecular formula is C17H21ClN2OS. The number of fused-ring (bicyclic) bond motifs is 3. The third kappa shape index (κ3) is 2.91. The number of thiophene rings is 1. The lowest BCUT2D eigenvalue weighted by Crippen LogP contribution is -2.28. The lowest BCUT2D eigenvalue weighted by Gasteiger charge is -2.32. The zero-order valence-corrected chi connectivity index (χ0v) is 14.4. The summed E-state index contributed by atoms with van der Waals surface area (Å²) in [4.78, 5) is 14.2. The third-order valence-electron chi connectivity index (χ3n) is 4.00. The fourth-order valence-electron chi connectivity index (χ4n) is 3.02. The van der Waals surface area contributed by atoms with E-state index in [1.807, 2.05) is 6.07 Å². The van der Waals surface area contributed by atoms with Crippen LogP contribution in [-0.4, -0.2) is 19.0 Å². The Labute approximate surface area is 141 Å². The van der Waals surface area contributed by atoms with E-state index < -0.39 is 0 Å². The Morgan fingerprint density at radius 2 is 2.09 bits per heavy atom. The van der Waals surface area contributed by atoms with Crippen molar-refractivity contribution in [2.75, 3.05) is 13.1 Å². The molecule has 0 spiro atoms. The molecule has 118 valence electrons. The van der Waals surface area contributed by atoms with E-state index in [2.05, 4.69) is 43.4 Å². The quantitative estimate of drug-likeness (QED) is 0.903. The van der Waals surface area contributed by atoms with Gasteiger partial charge in [0.15, 0.2) is 0 Å². The van der Waals surface area contributed by atoms with Crippen LogP contribution in [0.2, 0.25) is 0 Å². The molecule has 0 unspecified atom stereocenters. The number of nitrogens with one attached hydrogen (secondary N) is 1. The Kier molecular flexibility index (Phi) is 4.95.